The lowest BCUT2D eigenvalue weighted by molar-refractivity contribution is 0.406. The van der Waals surface area contributed by atoms with Crippen LogP contribution in [0.4, 0.5) is 10.1 Å². The molecule has 0 radical (unpaired) electrons. The first-order valence-electron chi connectivity index (χ1n) is 7.09. The Bertz CT molecular complexity index is 474. The zero-order valence-electron chi connectivity index (χ0n) is 10.5. The number of fused-ring (bicyclic) bond motifs is 3. The standard InChI is InChI=1S/C15H19FN2/c16-12-2-1-10-5-6-18(15(10)8-12)9-11-7-13-3-4-14(11)17-13/h1-2,8,11,13-14,17H,3-7,9H2. The van der Waals surface area contributed by atoms with Crippen LogP contribution in [0.2, 0.25) is 0 Å². The monoisotopic (exact) mass is 246 g/mol. The van der Waals surface area contributed by atoms with Crippen molar-refractivity contribution >= 4 is 5.69 Å². The van der Waals surface area contributed by atoms with Crippen LogP contribution in [0.1, 0.15) is 24.8 Å². The Balaban J connectivity index is 1.53. The van der Waals surface area contributed by atoms with Crippen molar-refractivity contribution in [2.45, 2.75) is 37.8 Å². The quantitative estimate of drug-likeness (QED) is 0.861. The molecule has 1 aromatic carbocycles. The average Bonchev–Trinajstić information content (AvgIpc) is 3.05. The van der Waals surface area contributed by atoms with Crippen LogP contribution in [0.25, 0.3) is 0 Å². The van der Waals surface area contributed by atoms with Crippen molar-refractivity contribution < 1.29 is 4.39 Å². The number of benzene rings is 1. The van der Waals surface area contributed by atoms with Crippen LogP contribution in [0.3, 0.4) is 0 Å². The Labute approximate surface area is 107 Å². The molecule has 0 spiro atoms. The normalized spacial score (nSPS) is 33.2. The van der Waals surface area contributed by atoms with Crippen LogP contribution in [0.15, 0.2) is 18.2 Å². The predicted octanol–water partition coefficient (Wildman–Crippen LogP) is 2.33. The topological polar surface area (TPSA) is 15.3 Å². The third-order valence-corrected chi connectivity index (χ3v) is 4.93. The molecular weight excluding hydrogens is 227 g/mol. The van der Waals surface area contributed by atoms with Gasteiger partial charge in [0.25, 0.3) is 0 Å². The SMILES string of the molecule is Fc1ccc2c(c1)N(CC1CC3CCC1N3)CC2. The Hall–Kier alpha value is -1.09. The van der Waals surface area contributed by atoms with E-state index in [9.17, 15) is 4.39 Å². The maximum absolute atomic E-state index is 13.4. The van der Waals surface area contributed by atoms with E-state index in [0.717, 1.165) is 37.2 Å². The van der Waals surface area contributed by atoms with E-state index >= 15 is 0 Å². The zero-order valence-corrected chi connectivity index (χ0v) is 10.5. The van der Waals surface area contributed by atoms with Crippen molar-refractivity contribution in [3.8, 4) is 0 Å². The summed E-state index contributed by atoms with van der Waals surface area (Å²) >= 11 is 0. The first-order chi connectivity index (χ1) is 8.79. The van der Waals surface area contributed by atoms with Crippen LogP contribution >= 0.6 is 0 Å². The highest BCUT2D eigenvalue weighted by atomic mass is 19.1. The van der Waals surface area contributed by atoms with Gasteiger partial charge in [0.2, 0.25) is 0 Å². The molecule has 2 bridgehead atoms. The molecule has 2 nitrogen and oxygen atoms in total. The third-order valence-electron chi connectivity index (χ3n) is 4.93. The molecule has 96 valence electrons. The van der Waals surface area contributed by atoms with E-state index in [1.165, 1.54) is 24.8 Å². The van der Waals surface area contributed by atoms with Crippen LogP contribution in [0.5, 0.6) is 0 Å². The molecule has 1 N–H and O–H groups in total. The van der Waals surface area contributed by atoms with Gasteiger partial charge in [-0.2, -0.15) is 0 Å². The minimum absolute atomic E-state index is 0.105. The molecule has 0 aliphatic carbocycles. The Kier molecular flexibility index (Phi) is 2.37. The Morgan fingerprint density at radius 1 is 1.33 bits per heavy atom. The molecule has 2 saturated heterocycles. The second-order valence-electron chi connectivity index (χ2n) is 6.01. The van der Waals surface area contributed by atoms with Gasteiger partial charge in [0.15, 0.2) is 0 Å². The predicted molar refractivity (Wildman–Crippen MR) is 70.4 cm³/mol. The summed E-state index contributed by atoms with van der Waals surface area (Å²) in [6, 6.07) is 6.72. The average molecular weight is 246 g/mol. The summed E-state index contributed by atoms with van der Waals surface area (Å²) in [5.74, 6) is 0.657. The summed E-state index contributed by atoms with van der Waals surface area (Å²) in [6.45, 7) is 2.16. The van der Waals surface area contributed by atoms with Crippen molar-refractivity contribution in [1.82, 2.24) is 5.32 Å². The molecule has 3 unspecified atom stereocenters. The van der Waals surface area contributed by atoms with Crippen LogP contribution in [0, 0.1) is 11.7 Å². The van der Waals surface area contributed by atoms with Crippen molar-refractivity contribution in [1.29, 1.82) is 0 Å². The molecule has 3 atom stereocenters. The van der Waals surface area contributed by atoms with Gasteiger partial charge in [-0.3, -0.25) is 0 Å². The first kappa shape index (κ1) is 10.8. The van der Waals surface area contributed by atoms with Crippen molar-refractivity contribution in [3.63, 3.8) is 0 Å². The van der Waals surface area contributed by atoms with Crippen LogP contribution in [-0.2, 0) is 6.42 Å². The highest BCUT2D eigenvalue weighted by molar-refractivity contribution is 5.58. The lowest BCUT2D eigenvalue weighted by atomic mass is 9.89. The van der Waals surface area contributed by atoms with Gasteiger partial charge < -0.3 is 10.2 Å². The summed E-state index contributed by atoms with van der Waals surface area (Å²) in [6.07, 6.45) is 5.07. The molecule has 0 aromatic heterocycles. The third kappa shape index (κ3) is 1.64. The second kappa shape index (κ2) is 3.95. The maximum Gasteiger partial charge on any atom is 0.125 e. The van der Waals surface area contributed by atoms with E-state index in [-0.39, 0.29) is 5.82 Å². The summed E-state index contributed by atoms with van der Waals surface area (Å²) in [7, 11) is 0. The minimum atomic E-state index is -0.105. The molecule has 0 amide bonds. The highest BCUT2D eigenvalue weighted by Crippen LogP contribution is 2.36. The van der Waals surface area contributed by atoms with Gasteiger partial charge in [0, 0.05) is 30.9 Å². The number of nitrogens with zero attached hydrogens (tertiary/aromatic N) is 1. The van der Waals surface area contributed by atoms with Gasteiger partial charge in [0.05, 0.1) is 0 Å². The second-order valence-corrected chi connectivity index (χ2v) is 6.01. The lowest BCUT2D eigenvalue weighted by Gasteiger charge is -2.27. The fourth-order valence-corrected chi connectivity index (χ4v) is 4.03. The van der Waals surface area contributed by atoms with E-state index in [2.05, 4.69) is 10.2 Å². The molecule has 3 aliphatic rings. The van der Waals surface area contributed by atoms with Crippen LogP contribution in [-0.4, -0.2) is 25.2 Å². The van der Waals surface area contributed by atoms with E-state index in [0.29, 0.717) is 6.04 Å². The molecule has 2 fully saturated rings. The number of rotatable bonds is 2. The minimum Gasteiger partial charge on any atom is -0.371 e. The highest BCUT2D eigenvalue weighted by Gasteiger charge is 2.40. The van der Waals surface area contributed by atoms with Crippen molar-refractivity contribution in [3.05, 3.63) is 29.6 Å². The molecule has 3 heteroatoms. The van der Waals surface area contributed by atoms with Gasteiger partial charge in [-0.1, -0.05) is 6.07 Å². The number of halogens is 1. The molecule has 3 heterocycles. The maximum atomic E-state index is 13.4. The lowest BCUT2D eigenvalue weighted by Crippen LogP contribution is -2.34. The summed E-state index contributed by atoms with van der Waals surface area (Å²) in [4.78, 5) is 2.39. The summed E-state index contributed by atoms with van der Waals surface area (Å²) in [5.41, 5.74) is 2.45. The number of hydrogen-bond acceptors (Lipinski definition) is 2. The number of hydrogen-bond donors (Lipinski definition) is 1. The van der Waals surface area contributed by atoms with Gasteiger partial charge in [-0.05, 0) is 49.3 Å². The molecule has 0 saturated carbocycles. The molecular formula is C15H19FN2. The van der Waals surface area contributed by atoms with E-state index in [1.54, 1.807) is 12.1 Å². The van der Waals surface area contributed by atoms with Crippen molar-refractivity contribution in [2.24, 2.45) is 5.92 Å². The van der Waals surface area contributed by atoms with Gasteiger partial charge in [0.1, 0.15) is 5.82 Å². The fourth-order valence-electron chi connectivity index (χ4n) is 4.03. The smallest absolute Gasteiger partial charge is 0.125 e. The van der Waals surface area contributed by atoms with E-state index in [4.69, 9.17) is 0 Å². The van der Waals surface area contributed by atoms with E-state index < -0.39 is 0 Å². The Morgan fingerprint density at radius 3 is 3.06 bits per heavy atom. The molecule has 1 aromatic rings. The zero-order chi connectivity index (χ0) is 12.1. The summed E-state index contributed by atoms with van der Waals surface area (Å²) in [5, 5.41) is 3.69. The number of anilines is 1. The number of nitrogens with one attached hydrogen (secondary N) is 1. The van der Waals surface area contributed by atoms with Crippen molar-refractivity contribution in [2.75, 3.05) is 18.0 Å². The Morgan fingerprint density at radius 2 is 2.28 bits per heavy atom. The van der Waals surface area contributed by atoms with Gasteiger partial charge >= 0.3 is 0 Å². The molecule has 4 rings (SSSR count). The fraction of sp³-hybridized carbons (Fsp3) is 0.600. The van der Waals surface area contributed by atoms with Crippen LogP contribution < -0.4 is 10.2 Å². The van der Waals surface area contributed by atoms with Gasteiger partial charge in [-0.15, -0.1) is 0 Å². The largest absolute Gasteiger partial charge is 0.371 e. The first-order valence-corrected chi connectivity index (χ1v) is 7.09. The summed E-state index contributed by atoms with van der Waals surface area (Å²) < 4.78 is 13.4. The van der Waals surface area contributed by atoms with Gasteiger partial charge in [-0.25, -0.2) is 4.39 Å². The molecule has 18 heavy (non-hydrogen) atoms. The molecule has 3 aliphatic heterocycles. The van der Waals surface area contributed by atoms with E-state index in [1.807, 2.05) is 6.07 Å².